The minimum atomic E-state index is -0.932. The van der Waals surface area contributed by atoms with Gasteiger partial charge in [-0.05, 0) is 27.7 Å². The fourth-order valence-electron chi connectivity index (χ4n) is 2.11. The number of nitrogens with zero attached hydrogens (tertiary/aromatic N) is 2. The lowest BCUT2D eigenvalue weighted by Gasteiger charge is -2.19. The first-order valence-electron chi connectivity index (χ1n) is 6.13. The second kappa shape index (κ2) is 5.97. The van der Waals surface area contributed by atoms with Gasteiger partial charge in [-0.25, -0.2) is 4.79 Å². The van der Waals surface area contributed by atoms with Gasteiger partial charge in [-0.2, -0.15) is 4.98 Å². The van der Waals surface area contributed by atoms with Crippen LogP contribution in [0.2, 0.25) is 0 Å². The smallest absolute Gasteiger partial charge is 0.348 e. The standard InChI is InChI=1S/C13H20N2O4/c1-7(19-5)6-15-10(4)11(8(2)12(16)17)9(3)14-13(15)18/h7-8H,6H2,1-5H3,(H,16,17). The number of aromatic nitrogens is 2. The third kappa shape index (κ3) is 3.20. The molecule has 0 amide bonds. The SMILES string of the molecule is COC(C)Cn1c(C)c(C(C)C(=O)O)c(C)nc1=O. The number of methoxy groups -OCH3 is 1. The number of aliphatic carboxylic acids is 1. The predicted octanol–water partition coefficient (Wildman–Crippen LogP) is 1.08. The molecule has 0 radical (unpaired) electrons. The van der Waals surface area contributed by atoms with Crippen molar-refractivity contribution in [1.29, 1.82) is 0 Å². The molecule has 106 valence electrons. The van der Waals surface area contributed by atoms with Crippen LogP contribution < -0.4 is 5.69 Å². The van der Waals surface area contributed by atoms with E-state index in [0.29, 0.717) is 23.5 Å². The molecular formula is C13H20N2O4. The number of rotatable bonds is 5. The van der Waals surface area contributed by atoms with E-state index in [-0.39, 0.29) is 11.8 Å². The van der Waals surface area contributed by atoms with Crippen LogP contribution in [0, 0.1) is 13.8 Å². The van der Waals surface area contributed by atoms with Gasteiger partial charge in [0, 0.05) is 24.1 Å². The average Bonchev–Trinajstić information content (AvgIpc) is 2.33. The van der Waals surface area contributed by atoms with Crippen LogP contribution in [0.5, 0.6) is 0 Å². The highest BCUT2D eigenvalue weighted by Gasteiger charge is 2.22. The molecule has 0 saturated carbocycles. The Hall–Kier alpha value is -1.69. The zero-order chi connectivity index (χ0) is 14.7. The van der Waals surface area contributed by atoms with Gasteiger partial charge in [0.1, 0.15) is 0 Å². The molecule has 0 spiro atoms. The first-order valence-corrected chi connectivity index (χ1v) is 6.13. The third-order valence-corrected chi connectivity index (χ3v) is 3.32. The third-order valence-electron chi connectivity index (χ3n) is 3.32. The van der Waals surface area contributed by atoms with Crippen LogP contribution in [0.25, 0.3) is 0 Å². The zero-order valence-electron chi connectivity index (χ0n) is 11.9. The topological polar surface area (TPSA) is 81.4 Å². The second-order valence-electron chi connectivity index (χ2n) is 4.70. The summed E-state index contributed by atoms with van der Waals surface area (Å²) >= 11 is 0. The van der Waals surface area contributed by atoms with Crippen molar-refractivity contribution in [2.75, 3.05) is 7.11 Å². The molecule has 0 fully saturated rings. The molecular weight excluding hydrogens is 248 g/mol. The number of carboxylic acid groups (broad SMARTS) is 1. The van der Waals surface area contributed by atoms with Gasteiger partial charge in [-0.3, -0.25) is 9.36 Å². The summed E-state index contributed by atoms with van der Waals surface area (Å²) in [4.78, 5) is 27.0. The Morgan fingerprint density at radius 1 is 1.42 bits per heavy atom. The van der Waals surface area contributed by atoms with Gasteiger partial charge in [-0.15, -0.1) is 0 Å². The van der Waals surface area contributed by atoms with E-state index >= 15 is 0 Å². The Labute approximate surface area is 112 Å². The molecule has 1 rings (SSSR count). The van der Waals surface area contributed by atoms with Crippen LogP contribution in [0.15, 0.2) is 4.79 Å². The van der Waals surface area contributed by atoms with Gasteiger partial charge in [-0.1, -0.05) is 0 Å². The number of aryl methyl sites for hydroxylation is 1. The second-order valence-corrected chi connectivity index (χ2v) is 4.70. The highest BCUT2D eigenvalue weighted by Crippen LogP contribution is 2.21. The lowest BCUT2D eigenvalue weighted by atomic mass is 9.98. The Morgan fingerprint density at radius 3 is 2.47 bits per heavy atom. The molecule has 0 aliphatic heterocycles. The fourth-order valence-corrected chi connectivity index (χ4v) is 2.11. The molecule has 6 heteroatoms. The molecule has 1 heterocycles. The van der Waals surface area contributed by atoms with Crippen LogP contribution in [0.1, 0.15) is 36.7 Å². The van der Waals surface area contributed by atoms with Crippen molar-refractivity contribution in [1.82, 2.24) is 9.55 Å². The summed E-state index contributed by atoms with van der Waals surface area (Å²) in [7, 11) is 1.56. The molecule has 19 heavy (non-hydrogen) atoms. The number of hydrogen-bond acceptors (Lipinski definition) is 4. The quantitative estimate of drug-likeness (QED) is 0.864. The van der Waals surface area contributed by atoms with Gasteiger partial charge in [0.05, 0.1) is 18.6 Å². The van der Waals surface area contributed by atoms with E-state index in [2.05, 4.69) is 4.98 Å². The van der Waals surface area contributed by atoms with Gasteiger partial charge in [0.15, 0.2) is 0 Å². The zero-order valence-corrected chi connectivity index (χ0v) is 11.9. The summed E-state index contributed by atoms with van der Waals surface area (Å²) in [5.74, 6) is -1.63. The van der Waals surface area contributed by atoms with Gasteiger partial charge < -0.3 is 9.84 Å². The highest BCUT2D eigenvalue weighted by atomic mass is 16.5. The summed E-state index contributed by atoms with van der Waals surface area (Å²) in [6.45, 7) is 7.19. The minimum Gasteiger partial charge on any atom is -0.481 e. The van der Waals surface area contributed by atoms with Crippen LogP contribution in [-0.2, 0) is 16.1 Å². The molecule has 0 saturated heterocycles. The summed E-state index contributed by atoms with van der Waals surface area (Å²) in [5, 5.41) is 9.13. The van der Waals surface area contributed by atoms with E-state index in [0.717, 1.165) is 0 Å². The maximum absolute atomic E-state index is 11.9. The number of carbonyl (C=O) groups is 1. The molecule has 6 nitrogen and oxygen atoms in total. The minimum absolute atomic E-state index is 0.145. The van der Waals surface area contributed by atoms with Crippen molar-refractivity contribution in [3.05, 3.63) is 27.4 Å². The average molecular weight is 268 g/mol. The summed E-state index contributed by atoms with van der Waals surface area (Å²) < 4.78 is 6.61. The van der Waals surface area contributed by atoms with E-state index in [4.69, 9.17) is 9.84 Å². The summed E-state index contributed by atoms with van der Waals surface area (Å²) in [6.07, 6.45) is -0.145. The van der Waals surface area contributed by atoms with Crippen molar-refractivity contribution < 1.29 is 14.6 Å². The Kier molecular flexibility index (Phi) is 4.83. The lowest BCUT2D eigenvalue weighted by Crippen LogP contribution is -2.32. The van der Waals surface area contributed by atoms with Crippen molar-refractivity contribution in [3.63, 3.8) is 0 Å². The number of ether oxygens (including phenoxy) is 1. The van der Waals surface area contributed by atoms with Crippen molar-refractivity contribution in [2.45, 2.75) is 46.3 Å². The molecule has 2 atom stereocenters. The maximum Gasteiger partial charge on any atom is 0.348 e. The molecule has 0 bridgehead atoms. The van der Waals surface area contributed by atoms with Crippen molar-refractivity contribution in [3.8, 4) is 0 Å². The van der Waals surface area contributed by atoms with Crippen LogP contribution >= 0.6 is 0 Å². The Balaban J connectivity index is 3.38. The van der Waals surface area contributed by atoms with E-state index in [1.807, 2.05) is 6.92 Å². The fraction of sp³-hybridized carbons (Fsp3) is 0.615. The van der Waals surface area contributed by atoms with E-state index < -0.39 is 11.9 Å². The molecule has 2 unspecified atom stereocenters. The van der Waals surface area contributed by atoms with Crippen LogP contribution in [0.4, 0.5) is 0 Å². The van der Waals surface area contributed by atoms with Gasteiger partial charge in [0.2, 0.25) is 0 Å². The number of hydrogen-bond donors (Lipinski definition) is 1. The summed E-state index contributed by atoms with van der Waals surface area (Å²) in [6, 6.07) is 0. The van der Waals surface area contributed by atoms with Crippen LogP contribution in [0.3, 0.4) is 0 Å². The van der Waals surface area contributed by atoms with Crippen molar-refractivity contribution >= 4 is 5.97 Å². The van der Waals surface area contributed by atoms with E-state index in [1.165, 1.54) is 4.57 Å². The molecule has 0 aliphatic rings. The Morgan fingerprint density at radius 2 is 2.00 bits per heavy atom. The van der Waals surface area contributed by atoms with Gasteiger partial charge >= 0.3 is 11.7 Å². The molecule has 0 aliphatic carbocycles. The number of carboxylic acids is 1. The highest BCUT2D eigenvalue weighted by molar-refractivity contribution is 5.76. The monoisotopic (exact) mass is 268 g/mol. The predicted molar refractivity (Wildman–Crippen MR) is 70.5 cm³/mol. The van der Waals surface area contributed by atoms with Crippen LogP contribution in [-0.4, -0.2) is 33.8 Å². The largest absolute Gasteiger partial charge is 0.481 e. The molecule has 1 aromatic heterocycles. The molecule has 1 N–H and O–H groups in total. The Bertz CT molecular complexity index is 536. The van der Waals surface area contributed by atoms with Gasteiger partial charge in [0.25, 0.3) is 0 Å². The van der Waals surface area contributed by atoms with E-state index in [1.54, 1.807) is 27.9 Å². The maximum atomic E-state index is 11.9. The summed E-state index contributed by atoms with van der Waals surface area (Å²) in [5.41, 5.74) is 1.32. The molecule has 1 aromatic rings. The van der Waals surface area contributed by atoms with E-state index in [9.17, 15) is 9.59 Å². The molecule has 0 aromatic carbocycles. The first-order chi connectivity index (χ1) is 8.79. The normalized spacial score (nSPS) is 14.2. The van der Waals surface area contributed by atoms with Crippen molar-refractivity contribution in [2.24, 2.45) is 0 Å². The first kappa shape index (κ1) is 15.4. The lowest BCUT2D eigenvalue weighted by molar-refractivity contribution is -0.138.